The van der Waals surface area contributed by atoms with Crippen LogP contribution >= 0.6 is 0 Å². The average Bonchev–Trinajstić information content (AvgIpc) is 3.49. The van der Waals surface area contributed by atoms with Gasteiger partial charge in [-0.1, -0.05) is 25.0 Å². The second kappa shape index (κ2) is 7.31. The molecule has 3 heterocycles. The molecule has 0 radical (unpaired) electrons. The highest BCUT2D eigenvalue weighted by Gasteiger charge is 2.40. The molecule has 0 amide bonds. The third kappa shape index (κ3) is 3.07. The Balaban J connectivity index is 1.68. The molecule has 1 unspecified atom stereocenters. The summed E-state index contributed by atoms with van der Waals surface area (Å²) in [5, 5.41) is 4.62. The van der Waals surface area contributed by atoms with E-state index in [0.29, 0.717) is 29.7 Å². The molecule has 1 atom stereocenters. The number of hydrogen-bond donors (Lipinski definition) is 0. The second-order valence-corrected chi connectivity index (χ2v) is 10.1. The van der Waals surface area contributed by atoms with Gasteiger partial charge in [0.25, 0.3) is 5.56 Å². The van der Waals surface area contributed by atoms with Crippen molar-refractivity contribution in [3.8, 4) is 0 Å². The quantitative estimate of drug-likeness (QED) is 0.639. The van der Waals surface area contributed by atoms with Crippen LogP contribution in [0.25, 0.3) is 10.9 Å². The Morgan fingerprint density at radius 3 is 2.57 bits per heavy atom. The zero-order valence-corrected chi connectivity index (χ0v) is 17.8. The van der Waals surface area contributed by atoms with E-state index in [-0.39, 0.29) is 16.5 Å². The van der Waals surface area contributed by atoms with Gasteiger partial charge in [-0.15, -0.1) is 0 Å². The highest BCUT2D eigenvalue weighted by molar-refractivity contribution is 7.89. The largest absolute Gasteiger partial charge is 0.292 e. The number of hydrogen-bond acceptors (Lipinski definition) is 5. The zero-order valence-electron chi connectivity index (χ0n) is 16.9. The lowest BCUT2D eigenvalue weighted by molar-refractivity contribution is 0.352. The molecular weight excluding hydrogens is 402 g/mol. The van der Waals surface area contributed by atoms with E-state index in [1.165, 1.54) is 21.4 Å². The van der Waals surface area contributed by atoms with Crippen molar-refractivity contribution in [2.45, 2.75) is 55.5 Å². The maximum Gasteiger partial charge on any atom is 0.261 e. The lowest BCUT2D eigenvalue weighted by atomic mass is 10.1. The number of para-hydroxylation sites is 1. The minimum absolute atomic E-state index is 0.0619. The van der Waals surface area contributed by atoms with E-state index in [0.717, 1.165) is 32.1 Å². The zero-order chi connectivity index (χ0) is 20.9. The molecule has 1 saturated carbocycles. The molecule has 158 valence electrons. The summed E-state index contributed by atoms with van der Waals surface area (Å²) in [4.78, 5) is 18.5. The van der Waals surface area contributed by atoms with Gasteiger partial charge in [-0.3, -0.25) is 14.0 Å². The van der Waals surface area contributed by atoms with Crippen LogP contribution in [0, 0.1) is 0 Å². The molecule has 1 aromatic carbocycles. The minimum atomic E-state index is -3.73. The molecule has 2 aliphatic rings. The molecule has 0 spiro atoms. The molecule has 2 fully saturated rings. The fourth-order valence-electron chi connectivity index (χ4n) is 4.87. The van der Waals surface area contributed by atoms with Crippen molar-refractivity contribution in [2.75, 3.05) is 6.54 Å². The van der Waals surface area contributed by atoms with E-state index < -0.39 is 16.1 Å². The topological polar surface area (TPSA) is 90.1 Å². The number of aryl methyl sites for hydroxylation is 1. The second-order valence-electron chi connectivity index (χ2n) is 8.22. The van der Waals surface area contributed by atoms with Crippen LogP contribution in [0.15, 0.2) is 46.3 Å². The molecule has 1 aliphatic heterocycles. The Hall–Kier alpha value is -2.52. The monoisotopic (exact) mass is 427 g/mol. The predicted octanol–water partition coefficient (Wildman–Crippen LogP) is 2.77. The van der Waals surface area contributed by atoms with E-state index in [4.69, 9.17) is 4.98 Å². The van der Waals surface area contributed by atoms with Gasteiger partial charge in [0, 0.05) is 25.8 Å². The van der Waals surface area contributed by atoms with Gasteiger partial charge < -0.3 is 0 Å². The average molecular weight is 428 g/mol. The van der Waals surface area contributed by atoms with Crippen molar-refractivity contribution in [1.29, 1.82) is 0 Å². The molecule has 30 heavy (non-hydrogen) atoms. The van der Waals surface area contributed by atoms with Gasteiger partial charge in [-0.2, -0.15) is 9.40 Å². The van der Waals surface area contributed by atoms with Crippen LogP contribution < -0.4 is 5.56 Å². The van der Waals surface area contributed by atoms with Gasteiger partial charge in [-0.25, -0.2) is 13.4 Å². The number of nitrogens with zero attached hydrogens (tertiary/aromatic N) is 5. The Morgan fingerprint density at radius 2 is 1.83 bits per heavy atom. The summed E-state index contributed by atoms with van der Waals surface area (Å²) in [5.41, 5.74) is 0.561. The smallest absolute Gasteiger partial charge is 0.261 e. The SMILES string of the molecule is Cn1cc(S(=O)(=O)N2CCCC2c2nc3ccccc3c(=O)n2C2CCCC2)cn1. The lowest BCUT2D eigenvalue weighted by Crippen LogP contribution is -2.36. The van der Waals surface area contributed by atoms with Gasteiger partial charge in [0.2, 0.25) is 10.0 Å². The predicted molar refractivity (Wildman–Crippen MR) is 113 cm³/mol. The molecule has 0 bridgehead atoms. The van der Waals surface area contributed by atoms with Crippen LogP contribution in [-0.4, -0.2) is 38.6 Å². The fourth-order valence-corrected chi connectivity index (χ4v) is 6.51. The highest BCUT2D eigenvalue weighted by atomic mass is 32.2. The summed E-state index contributed by atoms with van der Waals surface area (Å²) >= 11 is 0. The number of aromatic nitrogens is 4. The molecule has 2 aromatic heterocycles. The van der Waals surface area contributed by atoms with Crippen molar-refractivity contribution in [1.82, 2.24) is 23.6 Å². The van der Waals surface area contributed by atoms with Gasteiger partial charge in [0.15, 0.2) is 0 Å². The third-order valence-electron chi connectivity index (χ3n) is 6.31. The van der Waals surface area contributed by atoms with E-state index in [9.17, 15) is 13.2 Å². The van der Waals surface area contributed by atoms with Crippen LogP contribution in [0.5, 0.6) is 0 Å². The highest BCUT2D eigenvalue weighted by Crippen LogP contribution is 2.38. The Labute approximate surface area is 175 Å². The first-order valence-corrected chi connectivity index (χ1v) is 11.9. The van der Waals surface area contributed by atoms with E-state index >= 15 is 0 Å². The first-order valence-electron chi connectivity index (χ1n) is 10.5. The summed E-state index contributed by atoms with van der Waals surface area (Å²) in [7, 11) is -2.03. The molecule has 0 N–H and O–H groups in total. The number of fused-ring (bicyclic) bond motifs is 1. The van der Waals surface area contributed by atoms with Crippen LogP contribution in [0.4, 0.5) is 0 Å². The number of sulfonamides is 1. The maximum absolute atomic E-state index is 13.5. The summed E-state index contributed by atoms with van der Waals surface area (Å²) in [5.74, 6) is 0.579. The van der Waals surface area contributed by atoms with Gasteiger partial charge in [0.05, 0.1) is 23.1 Å². The Kier molecular flexibility index (Phi) is 4.74. The molecular formula is C21H25N5O3S. The summed E-state index contributed by atoms with van der Waals surface area (Å²) in [6.45, 7) is 0.412. The minimum Gasteiger partial charge on any atom is -0.292 e. The third-order valence-corrected chi connectivity index (χ3v) is 8.18. The Morgan fingerprint density at radius 1 is 1.07 bits per heavy atom. The molecule has 3 aromatic rings. The molecule has 9 heteroatoms. The number of rotatable bonds is 4. The van der Waals surface area contributed by atoms with Gasteiger partial charge >= 0.3 is 0 Å². The molecule has 1 saturated heterocycles. The van der Waals surface area contributed by atoms with E-state index in [2.05, 4.69) is 5.10 Å². The van der Waals surface area contributed by atoms with E-state index in [1.807, 2.05) is 18.2 Å². The van der Waals surface area contributed by atoms with Crippen molar-refractivity contribution >= 4 is 20.9 Å². The maximum atomic E-state index is 13.5. The van der Waals surface area contributed by atoms with E-state index in [1.54, 1.807) is 17.7 Å². The molecule has 1 aliphatic carbocycles. The van der Waals surface area contributed by atoms with Crippen LogP contribution in [-0.2, 0) is 17.1 Å². The van der Waals surface area contributed by atoms with Gasteiger partial charge in [-0.05, 0) is 37.8 Å². The van der Waals surface area contributed by atoms with Crippen molar-refractivity contribution in [3.05, 3.63) is 52.8 Å². The molecule has 8 nitrogen and oxygen atoms in total. The Bertz CT molecular complexity index is 1260. The first-order chi connectivity index (χ1) is 14.5. The molecule has 5 rings (SSSR count). The number of benzene rings is 1. The van der Waals surface area contributed by atoms with Gasteiger partial charge in [0.1, 0.15) is 10.7 Å². The summed E-state index contributed by atoms with van der Waals surface area (Å²) < 4.78 is 31.5. The summed E-state index contributed by atoms with van der Waals surface area (Å²) in [6, 6.07) is 6.96. The van der Waals surface area contributed by atoms with Crippen molar-refractivity contribution < 1.29 is 8.42 Å². The normalized spacial score (nSPS) is 21.0. The van der Waals surface area contributed by atoms with Crippen molar-refractivity contribution in [2.24, 2.45) is 7.05 Å². The van der Waals surface area contributed by atoms with Crippen LogP contribution in [0.3, 0.4) is 0 Å². The fraction of sp³-hybridized carbons (Fsp3) is 0.476. The standard InChI is InChI=1S/C21H25N5O3S/c1-24-14-16(13-22-24)30(28,29)25-12-6-11-19(25)20-23-18-10-5-4-9-17(18)21(27)26(20)15-7-2-3-8-15/h4-5,9-10,13-15,19H,2-3,6-8,11-12H2,1H3. The lowest BCUT2D eigenvalue weighted by Gasteiger charge is -2.27. The van der Waals surface area contributed by atoms with Crippen molar-refractivity contribution in [3.63, 3.8) is 0 Å². The van der Waals surface area contributed by atoms with Crippen LogP contribution in [0.1, 0.15) is 56.4 Å². The first kappa shape index (κ1) is 19.4. The summed E-state index contributed by atoms with van der Waals surface area (Å²) in [6.07, 6.45) is 8.28. The van der Waals surface area contributed by atoms with Crippen LogP contribution in [0.2, 0.25) is 0 Å².